The van der Waals surface area contributed by atoms with E-state index in [2.05, 4.69) is 4.98 Å². The quantitative estimate of drug-likeness (QED) is 0.557. The summed E-state index contributed by atoms with van der Waals surface area (Å²) in [5.74, 6) is 0.239. The van der Waals surface area contributed by atoms with Crippen LogP contribution < -0.4 is 0 Å². The van der Waals surface area contributed by atoms with Crippen molar-refractivity contribution in [1.82, 2.24) is 4.98 Å². The Morgan fingerprint density at radius 3 is 2.21 bits per heavy atom. The summed E-state index contributed by atoms with van der Waals surface area (Å²) in [6, 6.07) is 9.13. The number of hydrogen-bond acceptors (Lipinski definition) is 2. The first-order valence-electron chi connectivity index (χ1n) is 3.40. The predicted octanol–water partition coefficient (Wildman–Crippen LogP) is -1.61. The van der Waals surface area contributed by atoms with Crippen LogP contribution in [-0.4, -0.2) is 62.2 Å². The van der Waals surface area contributed by atoms with Crippen molar-refractivity contribution in [2.75, 3.05) is 0 Å². The molecular weight excluding hydrogens is 219 g/mol. The highest BCUT2D eigenvalue weighted by Gasteiger charge is 1.96. The van der Waals surface area contributed by atoms with Gasteiger partial charge in [-0.25, -0.2) is 0 Å². The van der Waals surface area contributed by atoms with Crippen LogP contribution in [0.5, 0.6) is 5.75 Å². The third-order valence-corrected chi connectivity index (χ3v) is 1.61. The zero-order chi connectivity index (χ0) is 7.68. The average Bonchev–Trinajstić information content (AvgIpc) is 2.06. The van der Waals surface area contributed by atoms with E-state index in [-0.39, 0.29) is 57.8 Å². The van der Waals surface area contributed by atoms with E-state index in [1.165, 1.54) is 0 Å². The highest BCUT2D eigenvalue weighted by Crippen LogP contribution is 2.20. The Morgan fingerprint density at radius 1 is 0.929 bits per heavy atom. The molecule has 1 N–H and O–H groups in total. The predicted molar refractivity (Wildman–Crippen MR) is 73.2 cm³/mol. The first-order chi connectivity index (χ1) is 5.38. The minimum Gasteiger partial charge on any atom is -0.506 e. The van der Waals surface area contributed by atoms with Crippen LogP contribution in [-0.2, 0) is 0 Å². The van der Waals surface area contributed by atoms with E-state index < -0.39 is 0 Å². The fourth-order valence-electron chi connectivity index (χ4n) is 1.09. The van der Waals surface area contributed by atoms with Crippen molar-refractivity contribution >= 4 is 63.0 Å². The summed E-state index contributed by atoms with van der Waals surface area (Å²) < 4.78 is 0. The zero-order valence-electron chi connectivity index (χ0n) is 5.86. The largest absolute Gasteiger partial charge is 0.506 e. The molecular formula is C9H16Al3NO. The summed E-state index contributed by atoms with van der Waals surface area (Å²) in [6.07, 6.45) is 1.67. The Balaban J connectivity index is 0. The summed E-state index contributed by atoms with van der Waals surface area (Å²) in [5, 5.41) is 10.3. The number of aromatic hydroxyl groups is 1. The van der Waals surface area contributed by atoms with E-state index in [9.17, 15) is 5.11 Å². The molecule has 0 radical (unpaired) electrons. The molecule has 1 aromatic carbocycles. The Kier molecular flexibility index (Phi) is 8.62. The minimum atomic E-state index is 0. The molecule has 0 unspecified atom stereocenters. The number of hydrogen-bond donors (Lipinski definition) is 1. The minimum absolute atomic E-state index is 0. The van der Waals surface area contributed by atoms with Gasteiger partial charge in [0.25, 0.3) is 0 Å². The normalized spacial score (nSPS) is 8.00. The molecule has 0 spiro atoms. The van der Waals surface area contributed by atoms with Crippen molar-refractivity contribution in [2.45, 2.75) is 0 Å². The topological polar surface area (TPSA) is 33.1 Å². The molecule has 0 atom stereocenters. The molecule has 2 aromatic rings. The van der Waals surface area contributed by atoms with E-state index in [1.54, 1.807) is 18.3 Å². The van der Waals surface area contributed by atoms with Crippen molar-refractivity contribution in [3.8, 4) is 5.75 Å². The van der Waals surface area contributed by atoms with Gasteiger partial charge in [0.2, 0.25) is 0 Å². The van der Waals surface area contributed by atoms with Crippen LogP contribution in [0.3, 0.4) is 0 Å². The zero-order valence-corrected chi connectivity index (χ0v) is 5.86. The summed E-state index contributed by atoms with van der Waals surface area (Å²) in [6.45, 7) is 0. The van der Waals surface area contributed by atoms with E-state index in [0.29, 0.717) is 5.52 Å². The van der Waals surface area contributed by atoms with E-state index >= 15 is 0 Å². The van der Waals surface area contributed by atoms with Gasteiger partial charge in [0, 0.05) is 11.6 Å². The van der Waals surface area contributed by atoms with Gasteiger partial charge >= 0.3 is 0 Å². The summed E-state index contributed by atoms with van der Waals surface area (Å²) >= 11 is 0. The van der Waals surface area contributed by atoms with Crippen molar-refractivity contribution in [2.24, 2.45) is 0 Å². The lowest BCUT2D eigenvalue weighted by molar-refractivity contribution is 0.480. The molecule has 0 aliphatic heterocycles. The number of fused-ring (bicyclic) bond motifs is 1. The third kappa shape index (κ3) is 3.31. The first-order valence-corrected chi connectivity index (χ1v) is 3.40. The van der Waals surface area contributed by atoms with Gasteiger partial charge in [-0.1, -0.05) is 18.2 Å². The lowest BCUT2D eigenvalue weighted by Gasteiger charge is -1.96. The number of nitrogens with zero attached hydrogens (tertiary/aromatic N) is 1. The second kappa shape index (κ2) is 7.34. The molecule has 0 bridgehead atoms. The number of rotatable bonds is 0. The van der Waals surface area contributed by atoms with Crippen LogP contribution in [0, 0.1) is 0 Å². The number of pyridine rings is 1. The Morgan fingerprint density at radius 2 is 1.57 bits per heavy atom. The van der Waals surface area contributed by atoms with Crippen LogP contribution in [0.25, 0.3) is 10.9 Å². The van der Waals surface area contributed by atoms with Crippen molar-refractivity contribution in [3.63, 3.8) is 0 Å². The van der Waals surface area contributed by atoms with E-state index in [0.717, 1.165) is 5.39 Å². The summed E-state index contributed by atoms with van der Waals surface area (Å²) in [5.41, 5.74) is 0.662. The molecule has 2 rings (SSSR count). The Bertz CT molecular complexity index is 389. The van der Waals surface area contributed by atoms with Gasteiger partial charge in [-0.2, -0.15) is 0 Å². The molecule has 1 heterocycles. The molecule has 2 nitrogen and oxygen atoms in total. The number of para-hydroxylation sites is 1. The third-order valence-electron chi connectivity index (χ3n) is 1.61. The maximum absolute atomic E-state index is 9.31. The lowest BCUT2D eigenvalue weighted by atomic mass is 10.2. The van der Waals surface area contributed by atoms with Gasteiger partial charge < -0.3 is 5.11 Å². The SMILES string of the molecule is Oc1cccc2cccnc12.[AlH3].[AlH3].[AlH3]. The summed E-state index contributed by atoms with van der Waals surface area (Å²) in [7, 11) is 0. The van der Waals surface area contributed by atoms with Gasteiger partial charge in [-0.05, 0) is 12.1 Å². The first kappa shape index (κ1) is 16.5. The number of phenolic OH excluding ortho intramolecular Hbond substituents is 1. The maximum Gasteiger partial charge on any atom is 0.187 e. The molecule has 72 valence electrons. The fourth-order valence-corrected chi connectivity index (χ4v) is 1.09. The van der Waals surface area contributed by atoms with Crippen molar-refractivity contribution < 1.29 is 5.11 Å². The molecule has 0 amide bonds. The van der Waals surface area contributed by atoms with E-state index in [4.69, 9.17) is 0 Å². The Labute approximate surface area is 115 Å². The monoisotopic (exact) mass is 235 g/mol. The number of phenols is 1. The molecule has 1 aromatic heterocycles. The highest BCUT2D eigenvalue weighted by molar-refractivity contribution is 5.83. The number of benzene rings is 1. The van der Waals surface area contributed by atoms with Crippen LogP contribution in [0.15, 0.2) is 36.5 Å². The fraction of sp³-hybridized carbons (Fsp3) is 0. The van der Waals surface area contributed by atoms with Gasteiger partial charge in [-0.15, -0.1) is 0 Å². The smallest absolute Gasteiger partial charge is 0.187 e. The summed E-state index contributed by atoms with van der Waals surface area (Å²) in [4.78, 5) is 4.03. The van der Waals surface area contributed by atoms with Gasteiger partial charge in [0.15, 0.2) is 52.1 Å². The molecule has 0 saturated heterocycles. The molecule has 14 heavy (non-hydrogen) atoms. The second-order valence-electron chi connectivity index (χ2n) is 2.35. The standard InChI is InChI=1S/C9H7NO.3Al.9H/c11-8-5-1-3-7-4-2-6-10-9(7)8;;;;;;;;;;;;/h1-6,11H;;;;;;;;;;;;. The molecule has 0 aliphatic carbocycles. The van der Waals surface area contributed by atoms with Crippen LogP contribution in [0.4, 0.5) is 0 Å². The van der Waals surface area contributed by atoms with Crippen LogP contribution in [0.2, 0.25) is 0 Å². The number of aromatic nitrogens is 1. The van der Waals surface area contributed by atoms with Crippen molar-refractivity contribution in [1.29, 1.82) is 0 Å². The van der Waals surface area contributed by atoms with Crippen LogP contribution in [0.1, 0.15) is 0 Å². The molecule has 5 heteroatoms. The van der Waals surface area contributed by atoms with Crippen molar-refractivity contribution in [3.05, 3.63) is 36.5 Å². The molecule has 0 fully saturated rings. The molecule has 0 saturated carbocycles. The average molecular weight is 235 g/mol. The Hall–Kier alpha value is 0.0274. The maximum atomic E-state index is 9.31. The lowest BCUT2D eigenvalue weighted by Crippen LogP contribution is -1.76. The van der Waals surface area contributed by atoms with Gasteiger partial charge in [-0.3, -0.25) is 4.98 Å². The highest BCUT2D eigenvalue weighted by atomic mass is 27.0. The second-order valence-corrected chi connectivity index (χ2v) is 2.35. The van der Waals surface area contributed by atoms with E-state index in [1.807, 2.05) is 18.2 Å². The molecule has 0 aliphatic rings. The van der Waals surface area contributed by atoms with Gasteiger partial charge in [0.05, 0.1) is 0 Å². The van der Waals surface area contributed by atoms with Gasteiger partial charge in [0.1, 0.15) is 11.3 Å². The van der Waals surface area contributed by atoms with Crippen LogP contribution >= 0.6 is 0 Å².